The largest absolute Gasteiger partial charge is 0.448 e. The van der Waals surface area contributed by atoms with Crippen LogP contribution in [0.4, 0.5) is 10.7 Å². The van der Waals surface area contributed by atoms with Gasteiger partial charge in [0.05, 0.1) is 18.9 Å². The average Bonchev–Trinajstić information content (AvgIpc) is 2.81. The topological polar surface area (TPSA) is 98.2 Å². The molecule has 0 fully saturated rings. The Balaban J connectivity index is 2.54. The van der Waals surface area contributed by atoms with Gasteiger partial charge in [-0.3, -0.25) is 10.1 Å². The lowest BCUT2D eigenvalue weighted by Gasteiger charge is -2.12. The number of amides is 1. The Hall–Kier alpha value is -2.38. The second kappa shape index (κ2) is 6.53. The molecule has 0 spiro atoms. The van der Waals surface area contributed by atoms with Gasteiger partial charge in [-0.1, -0.05) is 13.8 Å². The van der Waals surface area contributed by atoms with Crippen molar-refractivity contribution in [1.29, 1.82) is 0 Å². The Morgan fingerprint density at radius 2 is 2.32 bits per heavy atom. The quantitative estimate of drug-likeness (QED) is 0.463. The Morgan fingerprint density at radius 3 is 2.84 bits per heavy atom. The van der Waals surface area contributed by atoms with Crippen LogP contribution in [0.3, 0.4) is 0 Å². The summed E-state index contributed by atoms with van der Waals surface area (Å²) in [5, 5.41) is 15.1. The molecular formula is C11H15N3O5. The normalized spacial score (nSPS) is 10.9. The third kappa shape index (κ3) is 4.78. The number of hydrogen-bond donors (Lipinski definition) is 0. The van der Waals surface area contributed by atoms with Crippen molar-refractivity contribution in [2.75, 3.05) is 13.7 Å². The second-order valence-electron chi connectivity index (χ2n) is 4.17. The molecule has 0 saturated carbocycles. The molecule has 0 aliphatic heterocycles. The summed E-state index contributed by atoms with van der Waals surface area (Å²) >= 11 is 0. The highest BCUT2D eigenvalue weighted by Gasteiger charge is 2.12. The number of furan rings is 1. The molecule has 0 saturated heterocycles. The van der Waals surface area contributed by atoms with Crippen LogP contribution >= 0.6 is 0 Å². The molecule has 0 aromatic carbocycles. The van der Waals surface area contributed by atoms with Crippen LogP contribution in [0.1, 0.15) is 19.6 Å². The van der Waals surface area contributed by atoms with Gasteiger partial charge in [0, 0.05) is 7.05 Å². The highest BCUT2D eigenvalue weighted by Crippen LogP contribution is 2.13. The first kappa shape index (κ1) is 14.7. The van der Waals surface area contributed by atoms with Gasteiger partial charge in [-0.2, -0.15) is 5.10 Å². The summed E-state index contributed by atoms with van der Waals surface area (Å²) in [6.45, 7) is 4.13. The first-order valence-corrected chi connectivity index (χ1v) is 5.59. The van der Waals surface area contributed by atoms with Crippen molar-refractivity contribution in [3.8, 4) is 0 Å². The van der Waals surface area contributed by atoms with Crippen molar-refractivity contribution in [1.82, 2.24) is 5.01 Å². The minimum absolute atomic E-state index is 0.176. The Morgan fingerprint density at radius 1 is 1.63 bits per heavy atom. The van der Waals surface area contributed by atoms with E-state index in [4.69, 9.17) is 9.15 Å². The van der Waals surface area contributed by atoms with Gasteiger partial charge in [-0.05, 0) is 12.0 Å². The number of hydrogen-bond acceptors (Lipinski definition) is 6. The van der Waals surface area contributed by atoms with Gasteiger partial charge in [0.25, 0.3) is 0 Å². The van der Waals surface area contributed by atoms with Crippen LogP contribution in [-0.2, 0) is 4.74 Å². The van der Waals surface area contributed by atoms with E-state index in [0.717, 1.165) is 5.01 Å². The SMILES string of the molecule is CC(C)COC(=O)N(C)/N=C/c1ccc([N+](=O)[O-])o1. The van der Waals surface area contributed by atoms with Crippen molar-refractivity contribution in [3.63, 3.8) is 0 Å². The second-order valence-corrected chi connectivity index (χ2v) is 4.17. The van der Waals surface area contributed by atoms with Gasteiger partial charge in [-0.15, -0.1) is 0 Å². The molecule has 8 heteroatoms. The van der Waals surface area contributed by atoms with E-state index in [9.17, 15) is 14.9 Å². The smallest absolute Gasteiger partial charge is 0.433 e. The number of nitro groups is 1. The third-order valence-electron chi connectivity index (χ3n) is 1.96. The van der Waals surface area contributed by atoms with E-state index in [1.54, 1.807) is 0 Å². The third-order valence-corrected chi connectivity index (χ3v) is 1.96. The molecule has 0 aliphatic carbocycles. The van der Waals surface area contributed by atoms with Crippen molar-refractivity contribution >= 4 is 18.2 Å². The summed E-state index contributed by atoms with van der Waals surface area (Å²) in [5.41, 5.74) is 0. The fraction of sp³-hybridized carbons (Fsp3) is 0.455. The van der Waals surface area contributed by atoms with E-state index < -0.39 is 11.0 Å². The van der Waals surface area contributed by atoms with Crippen molar-refractivity contribution in [3.05, 3.63) is 28.0 Å². The van der Waals surface area contributed by atoms with Crippen molar-refractivity contribution in [2.24, 2.45) is 11.0 Å². The van der Waals surface area contributed by atoms with Crippen LogP contribution < -0.4 is 0 Å². The number of ether oxygens (including phenoxy) is 1. The molecule has 0 aliphatic rings. The van der Waals surface area contributed by atoms with Crippen LogP contribution in [0.25, 0.3) is 0 Å². The van der Waals surface area contributed by atoms with Gasteiger partial charge in [0.1, 0.15) is 4.92 Å². The zero-order valence-electron chi connectivity index (χ0n) is 10.9. The van der Waals surface area contributed by atoms with Crippen LogP contribution in [0.15, 0.2) is 21.7 Å². The Bertz CT molecular complexity index is 480. The molecule has 1 aromatic heterocycles. The minimum atomic E-state index is -0.655. The fourth-order valence-corrected chi connectivity index (χ4v) is 1.03. The Labute approximate surface area is 109 Å². The van der Waals surface area contributed by atoms with Gasteiger partial charge >= 0.3 is 12.0 Å². The summed E-state index contributed by atoms with van der Waals surface area (Å²) in [7, 11) is 1.41. The molecule has 0 N–H and O–H groups in total. The van der Waals surface area contributed by atoms with Gasteiger partial charge in [0.2, 0.25) is 0 Å². The molecule has 1 rings (SSSR count). The van der Waals surface area contributed by atoms with E-state index in [-0.39, 0.29) is 17.6 Å². The van der Waals surface area contributed by atoms with Gasteiger partial charge in [-0.25, -0.2) is 9.80 Å². The van der Waals surface area contributed by atoms with Crippen LogP contribution in [0.2, 0.25) is 0 Å². The molecule has 8 nitrogen and oxygen atoms in total. The molecule has 0 bridgehead atoms. The summed E-state index contributed by atoms with van der Waals surface area (Å²) in [5.74, 6) is 0.0238. The number of hydrazone groups is 1. The highest BCUT2D eigenvalue weighted by molar-refractivity contribution is 5.78. The summed E-state index contributed by atoms with van der Waals surface area (Å²) in [6, 6.07) is 2.59. The maximum absolute atomic E-state index is 11.4. The molecule has 1 amide bonds. The Kier molecular flexibility index (Phi) is 5.04. The van der Waals surface area contributed by atoms with Crippen molar-refractivity contribution < 1.29 is 18.9 Å². The van der Waals surface area contributed by atoms with E-state index in [2.05, 4.69) is 5.10 Å². The average molecular weight is 269 g/mol. The highest BCUT2D eigenvalue weighted by atomic mass is 16.6. The van der Waals surface area contributed by atoms with E-state index in [1.807, 2.05) is 13.8 Å². The maximum Gasteiger partial charge on any atom is 0.433 e. The molecule has 1 heterocycles. The van der Waals surface area contributed by atoms with Gasteiger partial charge < -0.3 is 9.15 Å². The zero-order valence-corrected chi connectivity index (χ0v) is 10.9. The summed E-state index contributed by atoms with van der Waals surface area (Å²) < 4.78 is 9.78. The summed E-state index contributed by atoms with van der Waals surface area (Å²) in [6.07, 6.45) is 0.592. The summed E-state index contributed by atoms with van der Waals surface area (Å²) in [4.78, 5) is 21.2. The van der Waals surface area contributed by atoms with Crippen LogP contribution in [0.5, 0.6) is 0 Å². The maximum atomic E-state index is 11.4. The monoisotopic (exact) mass is 269 g/mol. The van der Waals surface area contributed by atoms with Gasteiger partial charge in [0.15, 0.2) is 5.76 Å². The first-order chi connectivity index (χ1) is 8.90. The van der Waals surface area contributed by atoms with E-state index in [0.29, 0.717) is 6.61 Å². The van der Waals surface area contributed by atoms with E-state index >= 15 is 0 Å². The molecular weight excluding hydrogens is 254 g/mol. The standard InChI is InChI=1S/C11H15N3O5/c1-8(2)7-18-11(15)13(3)12-6-9-4-5-10(19-9)14(16)17/h4-6,8H,7H2,1-3H3/b12-6+. The lowest BCUT2D eigenvalue weighted by atomic mass is 10.2. The first-order valence-electron chi connectivity index (χ1n) is 5.59. The van der Waals surface area contributed by atoms with Crippen LogP contribution in [0, 0.1) is 16.0 Å². The predicted octanol–water partition coefficient (Wildman–Crippen LogP) is 2.25. The molecule has 104 valence electrons. The molecule has 0 unspecified atom stereocenters. The lowest BCUT2D eigenvalue weighted by molar-refractivity contribution is -0.402. The predicted molar refractivity (Wildman–Crippen MR) is 66.9 cm³/mol. The number of carbonyl (C=O) groups is 1. The minimum Gasteiger partial charge on any atom is -0.448 e. The molecule has 0 atom stereocenters. The van der Waals surface area contributed by atoms with E-state index in [1.165, 1.54) is 25.4 Å². The molecule has 19 heavy (non-hydrogen) atoms. The van der Waals surface area contributed by atoms with Crippen molar-refractivity contribution in [2.45, 2.75) is 13.8 Å². The zero-order chi connectivity index (χ0) is 14.4. The molecule has 0 radical (unpaired) electrons. The fourth-order valence-electron chi connectivity index (χ4n) is 1.03. The lowest BCUT2D eigenvalue weighted by Crippen LogP contribution is -2.24. The number of rotatable bonds is 5. The number of carbonyl (C=O) groups excluding carboxylic acids is 1. The molecule has 1 aromatic rings. The number of nitrogens with zero attached hydrogens (tertiary/aromatic N) is 3. The van der Waals surface area contributed by atoms with Crippen LogP contribution in [-0.4, -0.2) is 35.9 Å².